The first-order valence-electron chi connectivity index (χ1n) is 3.21. The summed E-state index contributed by atoms with van der Waals surface area (Å²) in [7, 11) is 0. The molecule has 0 aromatic heterocycles. The number of hydrogen-bond acceptors (Lipinski definition) is 1. The van der Waals surface area contributed by atoms with E-state index < -0.39 is 23.8 Å². The van der Waals surface area contributed by atoms with Crippen molar-refractivity contribution in [1.82, 2.24) is 0 Å². The highest BCUT2D eigenvalue weighted by atomic mass is 32.1. The highest BCUT2D eigenvalue weighted by Crippen LogP contribution is 2.29. The van der Waals surface area contributed by atoms with Crippen LogP contribution in [0.5, 0.6) is 0 Å². The summed E-state index contributed by atoms with van der Waals surface area (Å²) < 4.78 is 37.3. The van der Waals surface area contributed by atoms with E-state index in [0.717, 1.165) is 0 Å². The molecule has 0 aromatic carbocycles. The lowest BCUT2D eigenvalue weighted by atomic mass is 9.95. The predicted molar refractivity (Wildman–Crippen MR) is 36.7 cm³/mol. The van der Waals surface area contributed by atoms with Gasteiger partial charge >= 0.3 is 0 Å². The largest absolute Gasteiger partial charge is 0.246 e. The Bertz CT molecular complexity index is 93.6. The monoisotopic (exact) mass is 170 g/mol. The van der Waals surface area contributed by atoms with Crippen molar-refractivity contribution in [2.75, 3.05) is 0 Å². The molecule has 1 saturated carbocycles. The first-order valence-corrected chi connectivity index (χ1v) is 3.73. The summed E-state index contributed by atoms with van der Waals surface area (Å²) in [5.41, 5.74) is 0. The molecule has 4 heteroatoms. The van der Waals surface area contributed by atoms with Gasteiger partial charge in [0.25, 0.3) is 0 Å². The van der Waals surface area contributed by atoms with Gasteiger partial charge in [0.1, 0.15) is 18.5 Å². The predicted octanol–water partition coefficient (Wildman–Crippen LogP) is 2.09. The van der Waals surface area contributed by atoms with Crippen molar-refractivity contribution in [3.8, 4) is 0 Å². The van der Waals surface area contributed by atoms with Crippen LogP contribution >= 0.6 is 12.6 Å². The molecule has 0 radical (unpaired) electrons. The van der Waals surface area contributed by atoms with Gasteiger partial charge in [-0.2, -0.15) is 12.6 Å². The average Bonchev–Trinajstić information content (AvgIpc) is 1.84. The van der Waals surface area contributed by atoms with Gasteiger partial charge in [-0.25, -0.2) is 13.2 Å². The zero-order valence-corrected chi connectivity index (χ0v) is 6.20. The standard InChI is InChI=1S/C6H9F3S/c7-3-1-5(9)6(10)2-4(3)8/h3-6,10H,1-2H2. The van der Waals surface area contributed by atoms with Crippen molar-refractivity contribution >= 4 is 12.6 Å². The fourth-order valence-corrected chi connectivity index (χ4v) is 1.37. The summed E-state index contributed by atoms with van der Waals surface area (Å²) in [6, 6.07) is 0. The van der Waals surface area contributed by atoms with Crippen LogP contribution in [0.15, 0.2) is 0 Å². The van der Waals surface area contributed by atoms with Crippen LogP contribution in [0.2, 0.25) is 0 Å². The van der Waals surface area contributed by atoms with E-state index in [4.69, 9.17) is 0 Å². The fourth-order valence-electron chi connectivity index (χ4n) is 1.05. The van der Waals surface area contributed by atoms with Gasteiger partial charge in [-0.1, -0.05) is 0 Å². The highest BCUT2D eigenvalue weighted by Gasteiger charge is 2.35. The average molecular weight is 170 g/mol. The maximum atomic E-state index is 12.5. The number of halogens is 3. The third kappa shape index (κ3) is 1.59. The molecule has 10 heavy (non-hydrogen) atoms. The Morgan fingerprint density at radius 3 is 1.90 bits per heavy atom. The lowest BCUT2D eigenvalue weighted by molar-refractivity contribution is 0.0778. The SMILES string of the molecule is FC1CC(F)C(S)CC1F. The van der Waals surface area contributed by atoms with Crippen molar-refractivity contribution < 1.29 is 13.2 Å². The summed E-state index contributed by atoms with van der Waals surface area (Å²) in [4.78, 5) is 0. The summed E-state index contributed by atoms with van der Waals surface area (Å²) >= 11 is 3.77. The fraction of sp³-hybridized carbons (Fsp3) is 1.00. The maximum absolute atomic E-state index is 12.5. The quantitative estimate of drug-likeness (QED) is 0.529. The second-order valence-electron chi connectivity index (χ2n) is 2.59. The van der Waals surface area contributed by atoms with Crippen LogP contribution in [0.25, 0.3) is 0 Å². The molecule has 0 spiro atoms. The molecule has 4 atom stereocenters. The van der Waals surface area contributed by atoms with Crippen molar-refractivity contribution in [2.24, 2.45) is 0 Å². The van der Waals surface area contributed by atoms with Crippen molar-refractivity contribution in [1.29, 1.82) is 0 Å². The van der Waals surface area contributed by atoms with E-state index in [2.05, 4.69) is 12.6 Å². The Labute approximate surface area is 63.2 Å². The highest BCUT2D eigenvalue weighted by molar-refractivity contribution is 7.81. The van der Waals surface area contributed by atoms with E-state index in [1.807, 2.05) is 0 Å². The molecule has 0 nitrogen and oxygen atoms in total. The van der Waals surface area contributed by atoms with Crippen LogP contribution < -0.4 is 0 Å². The molecule has 4 unspecified atom stereocenters. The molecule has 1 aliphatic rings. The summed E-state index contributed by atoms with van der Waals surface area (Å²) in [5.74, 6) is 0. The van der Waals surface area contributed by atoms with Crippen LogP contribution in [-0.4, -0.2) is 23.8 Å². The molecule has 0 aliphatic heterocycles. The first kappa shape index (κ1) is 8.24. The normalized spacial score (nSPS) is 49.2. The van der Waals surface area contributed by atoms with E-state index in [-0.39, 0.29) is 12.8 Å². The van der Waals surface area contributed by atoms with Crippen molar-refractivity contribution in [2.45, 2.75) is 36.6 Å². The minimum Gasteiger partial charge on any atom is -0.246 e. The number of rotatable bonds is 0. The van der Waals surface area contributed by atoms with E-state index in [9.17, 15) is 13.2 Å². The van der Waals surface area contributed by atoms with Crippen LogP contribution in [0.4, 0.5) is 13.2 Å². The zero-order valence-electron chi connectivity index (χ0n) is 5.30. The Hall–Kier alpha value is 0.140. The van der Waals surface area contributed by atoms with Gasteiger partial charge in [-0.15, -0.1) is 0 Å². The Morgan fingerprint density at radius 1 is 0.900 bits per heavy atom. The minimum absolute atomic E-state index is 0.106. The second-order valence-corrected chi connectivity index (χ2v) is 3.25. The lowest BCUT2D eigenvalue weighted by Gasteiger charge is -2.27. The zero-order chi connectivity index (χ0) is 7.72. The van der Waals surface area contributed by atoms with E-state index in [0.29, 0.717) is 0 Å². The number of alkyl halides is 3. The van der Waals surface area contributed by atoms with Crippen molar-refractivity contribution in [3.63, 3.8) is 0 Å². The first-order chi connectivity index (χ1) is 4.61. The maximum Gasteiger partial charge on any atom is 0.134 e. The molecule has 0 amide bonds. The van der Waals surface area contributed by atoms with Gasteiger partial charge in [0, 0.05) is 11.7 Å². The lowest BCUT2D eigenvalue weighted by Crippen LogP contribution is -2.36. The Balaban J connectivity index is 2.46. The van der Waals surface area contributed by atoms with Crippen molar-refractivity contribution in [3.05, 3.63) is 0 Å². The molecule has 0 aromatic rings. The molecule has 0 saturated heterocycles. The molecule has 60 valence electrons. The van der Waals surface area contributed by atoms with Crippen LogP contribution in [-0.2, 0) is 0 Å². The Morgan fingerprint density at radius 2 is 1.40 bits per heavy atom. The molecule has 0 bridgehead atoms. The minimum atomic E-state index is -1.63. The second kappa shape index (κ2) is 3.03. The smallest absolute Gasteiger partial charge is 0.134 e. The molecule has 0 N–H and O–H groups in total. The summed E-state index contributed by atoms with van der Waals surface area (Å²) in [5, 5.41) is -0.623. The molecule has 0 heterocycles. The molecular weight excluding hydrogens is 161 g/mol. The number of thiol groups is 1. The Kier molecular flexibility index (Phi) is 2.50. The van der Waals surface area contributed by atoms with Gasteiger partial charge in [-0.05, 0) is 6.42 Å². The third-order valence-electron chi connectivity index (χ3n) is 1.73. The van der Waals surface area contributed by atoms with Gasteiger partial charge in [0.2, 0.25) is 0 Å². The molecule has 1 rings (SSSR count). The topological polar surface area (TPSA) is 0 Å². The van der Waals surface area contributed by atoms with Gasteiger partial charge in [-0.3, -0.25) is 0 Å². The summed E-state index contributed by atoms with van der Waals surface area (Å²) in [6.45, 7) is 0. The van der Waals surface area contributed by atoms with Gasteiger partial charge in [0.15, 0.2) is 0 Å². The van der Waals surface area contributed by atoms with E-state index in [1.165, 1.54) is 0 Å². The number of hydrogen-bond donors (Lipinski definition) is 1. The van der Waals surface area contributed by atoms with Gasteiger partial charge in [0.05, 0.1) is 0 Å². The molecule has 1 aliphatic carbocycles. The molecule has 1 fully saturated rings. The third-order valence-corrected chi connectivity index (χ3v) is 2.26. The van der Waals surface area contributed by atoms with E-state index >= 15 is 0 Å². The van der Waals surface area contributed by atoms with Crippen LogP contribution in [0, 0.1) is 0 Å². The molecular formula is C6H9F3S. The van der Waals surface area contributed by atoms with E-state index in [1.54, 1.807) is 0 Å². The summed E-state index contributed by atoms with van der Waals surface area (Å²) in [6.07, 6.45) is -4.88. The van der Waals surface area contributed by atoms with Gasteiger partial charge < -0.3 is 0 Å². The van der Waals surface area contributed by atoms with Crippen LogP contribution in [0.1, 0.15) is 12.8 Å². The van der Waals surface area contributed by atoms with Crippen LogP contribution in [0.3, 0.4) is 0 Å².